The van der Waals surface area contributed by atoms with Crippen molar-refractivity contribution in [3.05, 3.63) is 75.3 Å². The number of hydrogen-bond donors (Lipinski definition) is 1. The van der Waals surface area contributed by atoms with Gasteiger partial charge < -0.3 is 5.32 Å². The Morgan fingerprint density at radius 2 is 1.70 bits per heavy atom. The van der Waals surface area contributed by atoms with E-state index < -0.39 is 16.6 Å². The summed E-state index contributed by atoms with van der Waals surface area (Å²) < 4.78 is 26.0. The number of benzene rings is 2. The zero-order valence-corrected chi connectivity index (χ0v) is 10.5. The lowest BCUT2D eigenvalue weighted by Crippen LogP contribution is -2.14. The van der Waals surface area contributed by atoms with Gasteiger partial charge in [0.05, 0.1) is 4.92 Å². The van der Waals surface area contributed by atoms with Crippen LogP contribution < -0.4 is 5.32 Å². The predicted octanol–water partition coefficient (Wildman–Crippen LogP) is 3.16. The normalized spacial score (nSPS) is 10.5. The molecule has 20 heavy (non-hydrogen) atoms. The average molecular weight is 278 g/mol. The number of halogens is 2. The Hall–Kier alpha value is -2.34. The van der Waals surface area contributed by atoms with E-state index >= 15 is 0 Å². The van der Waals surface area contributed by atoms with Gasteiger partial charge in [-0.05, 0) is 17.7 Å². The van der Waals surface area contributed by atoms with E-state index in [2.05, 4.69) is 5.32 Å². The van der Waals surface area contributed by atoms with Crippen molar-refractivity contribution < 1.29 is 13.7 Å². The van der Waals surface area contributed by atoms with Gasteiger partial charge in [0.15, 0.2) is 0 Å². The fraction of sp³-hybridized carbons (Fsp3) is 0.143. The Morgan fingerprint density at radius 3 is 2.35 bits per heavy atom. The van der Waals surface area contributed by atoms with Crippen LogP contribution in [0, 0.1) is 21.7 Å². The summed E-state index contributed by atoms with van der Waals surface area (Å²) in [7, 11) is 0. The van der Waals surface area contributed by atoms with Crippen LogP contribution in [0.4, 0.5) is 14.5 Å². The zero-order valence-electron chi connectivity index (χ0n) is 10.5. The first-order valence-corrected chi connectivity index (χ1v) is 5.94. The molecule has 2 aromatic rings. The number of hydrogen-bond acceptors (Lipinski definition) is 3. The maximum Gasteiger partial charge on any atom is 0.273 e. The van der Waals surface area contributed by atoms with E-state index in [1.165, 1.54) is 18.2 Å². The van der Waals surface area contributed by atoms with E-state index in [4.69, 9.17) is 0 Å². The Kier molecular flexibility index (Phi) is 4.37. The van der Waals surface area contributed by atoms with Gasteiger partial charge in [0, 0.05) is 30.8 Å². The second kappa shape index (κ2) is 6.21. The summed E-state index contributed by atoms with van der Waals surface area (Å²) in [4.78, 5) is 10.4. The molecule has 0 saturated carbocycles. The molecule has 1 N–H and O–H groups in total. The maximum atomic E-state index is 13.0. The minimum atomic E-state index is -0.646. The van der Waals surface area contributed by atoms with Crippen molar-refractivity contribution in [3.8, 4) is 0 Å². The minimum Gasteiger partial charge on any atom is -0.308 e. The summed E-state index contributed by atoms with van der Waals surface area (Å²) in [6.07, 6.45) is 0. The monoisotopic (exact) mass is 278 g/mol. The molecule has 0 spiro atoms. The maximum absolute atomic E-state index is 13.0. The molecule has 0 bridgehead atoms. The Labute approximate surface area is 114 Å². The number of rotatable bonds is 5. The van der Waals surface area contributed by atoms with E-state index in [9.17, 15) is 18.9 Å². The van der Waals surface area contributed by atoms with Crippen LogP contribution in [0.2, 0.25) is 0 Å². The standard InChI is InChI=1S/C14H12F2N2O2/c15-12-5-10(6-13(16)7-12)8-17-9-11-3-1-2-4-14(11)18(19)20/h1-7,17H,8-9H2. The summed E-state index contributed by atoms with van der Waals surface area (Å²) in [5.74, 6) is -1.29. The van der Waals surface area contributed by atoms with Crippen LogP contribution in [0.1, 0.15) is 11.1 Å². The molecule has 0 amide bonds. The lowest BCUT2D eigenvalue weighted by atomic mass is 10.1. The summed E-state index contributed by atoms with van der Waals surface area (Å²) in [6, 6.07) is 9.57. The smallest absolute Gasteiger partial charge is 0.273 e. The van der Waals surface area contributed by atoms with Crippen molar-refractivity contribution in [1.82, 2.24) is 5.32 Å². The number of nitrogens with zero attached hydrogens (tertiary/aromatic N) is 1. The number of nitro groups is 1. The lowest BCUT2D eigenvalue weighted by molar-refractivity contribution is -0.385. The van der Waals surface area contributed by atoms with Crippen molar-refractivity contribution >= 4 is 5.69 Å². The SMILES string of the molecule is O=[N+]([O-])c1ccccc1CNCc1cc(F)cc(F)c1. The molecule has 0 fully saturated rings. The highest BCUT2D eigenvalue weighted by Gasteiger charge is 2.11. The number of nitro benzene ring substituents is 1. The first-order valence-electron chi connectivity index (χ1n) is 5.94. The molecule has 0 unspecified atom stereocenters. The van der Waals surface area contributed by atoms with Crippen LogP contribution in [-0.4, -0.2) is 4.92 Å². The second-order valence-corrected chi connectivity index (χ2v) is 4.27. The van der Waals surface area contributed by atoms with Gasteiger partial charge in [-0.2, -0.15) is 0 Å². The summed E-state index contributed by atoms with van der Waals surface area (Å²) in [6.45, 7) is 0.468. The van der Waals surface area contributed by atoms with Crippen LogP contribution in [0.15, 0.2) is 42.5 Å². The van der Waals surface area contributed by atoms with Crippen LogP contribution >= 0.6 is 0 Å². The van der Waals surface area contributed by atoms with Crippen molar-refractivity contribution in [3.63, 3.8) is 0 Å². The van der Waals surface area contributed by atoms with E-state index in [0.29, 0.717) is 11.1 Å². The molecular weight excluding hydrogens is 266 g/mol. The fourth-order valence-corrected chi connectivity index (χ4v) is 1.89. The first kappa shape index (κ1) is 14.1. The highest BCUT2D eigenvalue weighted by Crippen LogP contribution is 2.17. The van der Waals surface area contributed by atoms with Crippen molar-refractivity contribution in [2.45, 2.75) is 13.1 Å². The first-order chi connectivity index (χ1) is 9.56. The summed E-state index contributed by atoms with van der Waals surface area (Å²) >= 11 is 0. The molecule has 0 aliphatic heterocycles. The van der Waals surface area contributed by atoms with Crippen LogP contribution in [-0.2, 0) is 13.1 Å². The van der Waals surface area contributed by atoms with E-state index in [0.717, 1.165) is 6.07 Å². The third kappa shape index (κ3) is 3.58. The van der Waals surface area contributed by atoms with Crippen LogP contribution in [0.25, 0.3) is 0 Å². The van der Waals surface area contributed by atoms with Gasteiger partial charge in [-0.15, -0.1) is 0 Å². The molecular formula is C14H12F2N2O2. The van der Waals surface area contributed by atoms with Gasteiger partial charge >= 0.3 is 0 Å². The molecule has 2 aromatic carbocycles. The molecule has 0 heterocycles. The van der Waals surface area contributed by atoms with Gasteiger partial charge in [-0.25, -0.2) is 8.78 Å². The molecule has 0 aliphatic carbocycles. The van der Waals surface area contributed by atoms with Gasteiger partial charge in [0.2, 0.25) is 0 Å². The molecule has 104 valence electrons. The van der Waals surface area contributed by atoms with Crippen molar-refractivity contribution in [2.75, 3.05) is 0 Å². The minimum absolute atomic E-state index is 0.0189. The summed E-state index contributed by atoms with van der Waals surface area (Å²) in [5, 5.41) is 13.8. The molecule has 0 aliphatic rings. The number of nitrogens with one attached hydrogen (secondary N) is 1. The molecule has 0 radical (unpaired) electrons. The highest BCUT2D eigenvalue weighted by atomic mass is 19.1. The average Bonchev–Trinajstić information content (AvgIpc) is 2.38. The third-order valence-corrected chi connectivity index (χ3v) is 2.76. The van der Waals surface area contributed by atoms with Gasteiger partial charge in [0.1, 0.15) is 11.6 Å². The Bertz CT molecular complexity index is 612. The zero-order chi connectivity index (χ0) is 14.5. The van der Waals surface area contributed by atoms with Crippen molar-refractivity contribution in [2.24, 2.45) is 0 Å². The van der Waals surface area contributed by atoms with Gasteiger partial charge in [0.25, 0.3) is 5.69 Å². The van der Waals surface area contributed by atoms with E-state index in [1.807, 2.05) is 0 Å². The summed E-state index contributed by atoms with van der Waals surface area (Å²) in [5.41, 5.74) is 0.987. The third-order valence-electron chi connectivity index (χ3n) is 2.76. The molecule has 0 aromatic heterocycles. The Balaban J connectivity index is 2.01. The van der Waals surface area contributed by atoms with Crippen LogP contribution in [0.3, 0.4) is 0 Å². The van der Waals surface area contributed by atoms with Crippen LogP contribution in [0.5, 0.6) is 0 Å². The molecule has 0 atom stereocenters. The predicted molar refractivity (Wildman–Crippen MR) is 70.0 cm³/mol. The molecule has 2 rings (SSSR count). The van der Waals surface area contributed by atoms with Crippen molar-refractivity contribution in [1.29, 1.82) is 0 Å². The van der Waals surface area contributed by atoms with Gasteiger partial charge in [-0.1, -0.05) is 18.2 Å². The topological polar surface area (TPSA) is 55.2 Å². The number of para-hydroxylation sites is 1. The van der Waals surface area contributed by atoms with E-state index in [1.54, 1.807) is 18.2 Å². The fourth-order valence-electron chi connectivity index (χ4n) is 1.89. The van der Waals surface area contributed by atoms with Gasteiger partial charge in [-0.3, -0.25) is 10.1 Å². The lowest BCUT2D eigenvalue weighted by Gasteiger charge is -2.06. The Morgan fingerprint density at radius 1 is 1.05 bits per heavy atom. The molecule has 4 nitrogen and oxygen atoms in total. The molecule has 0 saturated heterocycles. The van der Waals surface area contributed by atoms with E-state index in [-0.39, 0.29) is 18.8 Å². The largest absolute Gasteiger partial charge is 0.308 e. The quantitative estimate of drug-likeness (QED) is 0.675. The second-order valence-electron chi connectivity index (χ2n) is 4.27. The molecule has 6 heteroatoms. The highest BCUT2D eigenvalue weighted by molar-refractivity contribution is 5.39.